The van der Waals surface area contributed by atoms with Gasteiger partial charge in [-0.3, -0.25) is 10.1 Å². The third-order valence-corrected chi connectivity index (χ3v) is 3.94. The van der Waals surface area contributed by atoms with Gasteiger partial charge in [0.05, 0.1) is 4.92 Å². The van der Waals surface area contributed by atoms with Gasteiger partial charge in [0, 0.05) is 17.8 Å². The van der Waals surface area contributed by atoms with E-state index in [-0.39, 0.29) is 10.7 Å². The summed E-state index contributed by atoms with van der Waals surface area (Å²) >= 11 is 5.88. The van der Waals surface area contributed by atoms with Crippen molar-refractivity contribution in [1.82, 2.24) is 0 Å². The van der Waals surface area contributed by atoms with E-state index in [9.17, 15) is 10.1 Å². The minimum Gasteiger partial charge on any atom is -0.382 e. The zero-order chi connectivity index (χ0) is 13.1. The molecule has 0 bridgehead atoms. The summed E-state index contributed by atoms with van der Waals surface area (Å²) in [4.78, 5) is 10.2. The average Bonchev–Trinajstić information content (AvgIpc) is 2.76. The van der Waals surface area contributed by atoms with Crippen molar-refractivity contribution in [3.63, 3.8) is 0 Å². The van der Waals surface area contributed by atoms with E-state index in [1.54, 1.807) is 12.1 Å². The van der Waals surface area contributed by atoms with Gasteiger partial charge in [0.15, 0.2) is 0 Å². The van der Waals surface area contributed by atoms with Crippen LogP contribution in [0.2, 0.25) is 5.02 Å². The fourth-order valence-electron chi connectivity index (χ4n) is 2.56. The summed E-state index contributed by atoms with van der Waals surface area (Å²) in [5.41, 5.74) is 0.826. The zero-order valence-corrected chi connectivity index (χ0v) is 11.1. The van der Waals surface area contributed by atoms with Crippen molar-refractivity contribution < 1.29 is 4.92 Å². The first-order valence-electron chi connectivity index (χ1n) is 6.30. The monoisotopic (exact) mass is 268 g/mol. The number of rotatable bonds is 4. The predicted molar refractivity (Wildman–Crippen MR) is 73.1 cm³/mol. The maximum absolute atomic E-state index is 10.7. The molecule has 1 aliphatic carbocycles. The summed E-state index contributed by atoms with van der Waals surface area (Å²) in [5, 5.41) is 14.3. The SMILES string of the molecule is CCC1CCC(Nc2ccc([N+](=O)[O-])c(Cl)c2)C1. The molecule has 0 aromatic heterocycles. The van der Waals surface area contributed by atoms with E-state index in [1.165, 1.54) is 25.3 Å². The van der Waals surface area contributed by atoms with Crippen molar-refractivity contribution in [2.75, 3.05) is 5.32 Å². The van der Waals surface area contributed by atoms with Crippen LogP contribution >= 0.6 is 11.6 Å². The summed E-state index contributed by atoms with van der Waals surface area (Å²) in [6.07, 6.45) is 4.81. The van der Waals surface area contributed by atoms with Crippen molar-refractivity contribution in [1.29, 1.82) is 0 Å². The van der Waals surface area contributed by atoms with Gasteiger partial charge < -0.3 is 5.32 Å². The Kier molecular flexibility index (Phi) is 4.07. The quantitative estimate of drug-likeness (QED) is 0.656. The molecule has 0 heterocycles. The number of nitro groups is 1. The third-order valence-electron chi connectivity index (χ3n) is 3.63. The van der Waals surface area contributed by atoms with Crippen LogP contribution in [0.5, 0.6) is 0 Å². The number of hydrogen-bond donors (Lipinski definition) is 1. The standard InChI is InChI=1S/C13H17ClN2O2/c1-2-9-3-4-10(7-9)15-11-5-6-13(16(17)18)12(14)8-11/h5-6,8-10,15H,2-4,7H2,1H3. The number of halogens is 1. The molecule has 0 spiro atoms. The van der Waals surface area contributed by atoms with E-state index in [1.807, 2.05) is 0 Å². The molecule has 2 unspecified atom stereocenters. The molecule has 2 atom stereocenters. The van der Waals surface area contributed by atoms with Gasteiger partial charge in [-0.25, -0.2) is 0 Å². The lowest BCUT2D eigenvalue weighted by Crippen LogP contribution is -2.15. The van der Waals surface area contributed by atoms with E-state index in [4.69, 9.17) is 11.6 Å². The van der Waals surface area contributed by atoms with Gasteiger partial charge in [0.2, 0.25) is 0 Å². The fraction of sp³-hybridized carbons (Fsp3) is 0.538. The second kappa shape index (κ2) is 5.57. The maximum atomic E-state index is 10.7. The predicted octanol–water partition coefficient (Wildman–Crippen LogP) is 4.24. The van der Waals surface area contributed by atoms with Crippen LogP contribution in [0.3, 0.4) is 0 Å². The van der Waals surface area contributed by atoms with Gasteiger partial charge in [-0.2, -0.15) is 0 Å². The van der Waals surface area contributed by atoms with Gasteiger partial charge in [-0.1, -0.05) is 24.9 Å². The number of benzene rings is 1. The van der Waals surface area contributed by atoms with E-state index >= 15 is 0 Å². The first-order chi connectivity index (χ1) is 8.60. The Morgan fingerprint density at radius 2 is 2.28 bits per heavy atom. The maximum Gasteiger partial charge on any atom is 0.288 e. The number of hydrogen-bond acceptors (Lipinski definition) is 3. The van der Waals surface area contributed by atoms with Crippen molar-refractivity contribution >= 4 is 23.0 Å². The van der Waals surface area contributed by atoms with E-state index < -0.39 is 4.92 Å². The molecule has 0 saturated heterocycles. The van der Waals surface area contributed by atoms with E-state index in [0.717, 1.165) is 18.0 Å². The number of nitrogens with one attached hydrogen (secondary N) is 1. The van der Waals surface area contributed by atoms with Crippen LogP contribution < -0.4 is 5.32 Å². The molecule has 4 nitrogen and oxygen atoms in total. The lowest BCUT2D eigenvalue weighted by molar-refractivity contribution is -0.384. The second-order valence-corrected chi connectivity index (χ2v) is 5.26. The smallest absolute Gasteiger partial charge is 0.288 e. The number of anilines is 1. The molecule has 0 amide bonds. The van der Waals surface area contributed by atoms with Crippen molar-refractivity contribution in [2.45, 2.75) is 38.6 Å². The van der Waals surface area contributed by atoms with Crippen LogP contribution in [-0.2, 0) is 0 Å². The molecular formula is C13H17ClN2O2. The molecule has 0 radical (unpaired) electrons. The fourth-order valence-corrected chi connectivity index (χ4v) is 2.81. The Balaban J connectivity index is 2.02. The largest absolute Gasteiger partial charge is 0.382 e. The highest BCUT2D eigenvalue weighted by molar-refractivity contribution is 6.32. The average molecular weight is 269 g/mol. The topological polar surface area (TPSA) is 55.2 Å². The number of nitro benzene ring substituents is 1. The molecule has 18 heavy (non-hydrogen) atoms. The molecule has 1 aliphatic rings. The van der Waals surface area contributed by atoms with Crippen LogP contribution in [0.4, 0.5) is 11.4 Å². The Morgan fingerprint density at radius 1 is 1.50 bits per heavy atom. The zero-order valence-electron chi connectivity index (χ0n) is 10.4. The van der Waals surface area contributed by atoms with Gasteiger partial charge in [0.25, 0.3) is 5.69 Å². The van der Waals surface area contributed by atoms with Crippen LogP contribution in [0, 0.1) is 16.0 Å². The lowest BCUT2D eigenvalue weighted by Gasteiger charge is -2.14. The first-order valence-corrected chi connectivity index (χ1v) is 6.68. The Bertz CT molecular complexity index is 451. The number of nitrogens with zero attached hydrogens (tertiary/aromatic N) is 1. The highest BCUT2D eigenvalue weighted by Crippen LogP contribution is 2.32. The molecule has 2 rings (SSSR count). The van der Waals surface area contributed by atoms with Crippen LogP contribution in [-0.4, -0.2) is 11.0 Å². The summed E-state index contributed by atoms with van der Waals surface area (Å²) < 4.78 is 0. The minimum absolute atomic E-state index is 0.0416. The Morgan fingerprint density at radius 3 is 2.83 bits per heavy atom. The van der Waals surface area contributed by atoms with Gasteiger partial charge in [0.1, 0.15) is 5.02 Å². The molecule has 1 fully saturated rings. The van der Waals surface area contributed by atoms with Gasteiger partial charge in [-0.15, -0.1) is 0 Å². The molecule has 1 aromatic rings. The summed E-state index contributed by atoms with van der Waals surface area (Å²) in [7, 11) is 0. The third kappa shape index (κ3) is 2.93. The highest BCUT2D eigenvalue weighted by atomic mass is 35.5. The van der Waals surface area contributed by atoms with Crippen LogP contribution in [0.1, 0.15) is 32.6 Å². The summed E-state index contributed by atoms with van der Waals surface area (Å²) in [5.74, 6) is 0.802. The molecule has 1 N–H and O–H groups in total. The molecule has 0 aliphatic heterocycles. The first kappa shape index (κ1) is 13.1. The summed E-state index contributed by atoms with van der Waals surface area (Å²) in [6, 6.07) is 5.28. The van der Waals surface area contributed by atoms with Crippen LogP contribution in [0.15, 0.2) is 18.2 Å². The van der Waals surface area contributed by atoms with Crippen molar-refractivity contribution in [3.8, 4) is 0 Å². The molecular weight excluding hydrogens is 252 g/mol. The van der Waals surface area contributed by atoms with E-state index in [2.05, 4.69) is 12.2 Å². The lowest BCUT2D eigenvalue weighted by atomic mass is 10.1. The molecule has 5 heteroatoms. The van der Waals surface area contributed by atoms with Crippen LogP contribution in [0.25, 0.3) is 0 Å². The molecule has 98 valence electrons. The summed E-state index contributed by atoms with van der Waals surface area (Å²) in [6.45, 7) is 2.22. The second-order valence-electron chi connectivity index (χ2n) is 4.85. The van der Waals surface area contributed by atoms with E-state index in [0.29, 0.717) is 6.04 Å². The highest BCUT2D eigenvalue weighted by Gasteiger charge is 2.23. The van der Waals surface area contributed by atoms with Gasteiger partial charge >= 0.3 is 0 Å². The van der Waals surface area contributed by atoms with Gasteiger partial charge in [-0.05, 0) is 37.3 Å². The molecule has 1 aromatic carbocycles. The Labute approximate surface area is 111 Å². The van der Waals surface area contributed by atoms with Crippen molar-refractivity contribution in [3.05, 3.63) is 33.3 Å². The minimum atomic E-state index is -0.463. The normalized spacial score (nSPS) is 23.0. The van der Waals surface area contributed by atoms with Crippen molar-refractivity contribution in [2.24, 2.45) is 5.92 Å². The Hall–Kier alpha value is -1.29. The molecule has 1 saturated carbocycles.